The van der Waals surface area contributed by atoms with E-state index < -0.39 is 23.3 Å². The van der Waals surface area contributed by atoms with Crippen LogP contribution in [0.4, 0.5) is 10.6 Å². The lowest BCUT2D eigenvalue weighted by Gasteiger charge is -2.27. The van der Waals surface area contributed by atoms with Crippen LogP contribution in [0.2, 0.25) is 0 Å². The van der Waals surface area contributed by atoms with Crippen LogP contribution < -0.4 is 21.9 Å². The van der Waals surface area contributed by atoms with Gasteiger partial charge in [0.2, 0.25) is 0 Å². The molecule has 7 nitrogen and oxygen atoms in total. The largest absolute Gasteiger partial charge is 0.329 e. The summed E-state index contributed by atoms with van der Waals surface area (Å²) in [7, 11) is 0. The van der Waals surface area contributed by atoms with Crippen LogP contribution in [0.3, 0.4) is 0 Å². The van der Waals surface area contributed by atoms with E-state index in [1.54, 1.807) is 0 Å². The molecule has 0 saturated heterocycles. The molecule has 2 aromatic heterocycles. The minimum absolute atomic E-state index is 0.296. The Balaban J connectivity index is 2.20. The number of carbonyl (C=O) groups excluding carboxylic acids is 1. The number of unbranched alkanes of at least 4 members (excludes halogenated alkanes) is 1. The predicted molar refractivity (Wildman–Crippen MR) is 84.5 cm³/mol. The van der Waals surface area contributed by atoms with Crippen molar-refractivity contribution in [1.82, 2.24) is 14.9 Å². The molecule has 116 valence electrons. The fourth-order valence-electron chi connectivity index (χ4n) is 2.53. The Morgan fingerprint density at radius 1 is 1.32 bits per heavy atom. The lowest BCUT2D eigenvalue weighted by molar-refractivity contribution is 0.248. The van der Waals surface area contributed by atoms with Crippen LogP contribution in [-0.4, -0.2) is 15.6 Å². The Bertz CT molecular complexity index is 806. The number of hydrogen-bond acceptors (Lipinski definition) is 4. The van der Waals surface area contributed by atoms with Gasteiger partial charge in [0.1, 0.15) is 5.82 Å². The first-order valence-electron chi connectivity index (χ1n) is 7.09. The number of anilines is 1. The number of aromatic nitrogens is 2. The van der Waals surface area contributed by atoms with Gasteiger partial charge >= 0.3 is 11.7 Å². The molecule has 2 aromatic rings. The molecule has 8 heteroatoms. The van der Waals surface area contributed by atoms with E-state index in [2.05, 4.69) is 15.6 Å². The van der Waals surface area contributed by atoms with E-state index in [9.17, 15) is 14.4 Å². The molecule has 0 saturated carbocycles. The Hall–Kier alpha value is -2.35. The third-order valence-corrected chi connectivity index (χ3v) is 4.53. The van der Waals surface area contributed by atoms with Crippen molar-refractivity contribution in [1.29, 1.82) is 0 Å². The van der Waals surface area contributed by atoms with Gasteiger partial charge in [0, 0.05) is 11.4 Å². The van der Waals surface area contributed by atoms with E-state index in [-0.39, 0.29) is 0 Å². The van der Waals surface area contributed by atoms with Crippen molar-refractivity contribution in [2.24, 2.45) is 0 Å². The van der Waals surface area contributed by atoms with Gasteiger partial charge in [0.05, 0.1) is 11.6 Å². The SMILES string of the molecule is CCCCn1c2c(c(=O)[nH]c1=O)[C@H](c1cccs1)NC(=O)N2. The molecular weight excluding hydrogens is 304 g/mol. The Morgan fingerprint density at radius 2 is 2.14 bits per heavy atom. The second-order valence-corrected chi connectivity index (χ2v) is 6.05. The van der Waals surface area contributed by atoms with E-state index >= 15 is 0 Å². The van der Waals surface area contributed by atoms with Gasteiger partial charge in [-0.3, -0.25) is 19.7 Å². The van der Waals surface area contributed by atoms with Gasteiger partial charge in [0.15, 0.2) is 0 Å². The number of thiophene rings is 1. The molecule has 0 radical (unpaired) electrons. The number of H-pyrrole nitrogens is 1. The van der Waals surface area contributed by atoms with Crippen LogP contribution in [-0.2, 0) is 6.54 Å². The van der Waals surface area contributed by atoms with Gasteiger partial charge in [-0.15, -0.1) is 11.3 Å². The van der Waals surface area contributed by atoms with Crippen LogP contribution in [0.15, 0.2) is 27.1 Å². The zero-order valence-electron chi connectivity index (χ0n) is 12.0. The van der Waals surface area contributed by atoms with Crippen molar-refractivity contribution in [3.05, 3.63) is 48.8 Å². The Labute approximate surface area is 130 Å². The maximum absolute atomic E-state index is 12.3. The highest BCUT2D eigenvalue weighted by atomic mass is 32.1. The minimum atomic E-state index is -0.541. The summed E-state index contributed by atoms with van der Waals surface area (Å²) in [6.07, 6.45) is 1.69. The minimum Gasteiger partial charge on any atom is -0.326 e. The number of urea groups is 1. The molecule has 1 aliphatic rings. The summed E-state index contributed by atoms with van der Waals surface area (Å²) in [5.74, 6) is 0.296. The van der Waals surface area contributed by atoms with Crippen molar-refractivity contribution >= 4 is 23.2 Å². The second-order valence-electron chi connectivity index (χ2n) is 5.07. The highest BCUT2D eigenvalue weighted by Gasteiger charge is 2.31. The van der Waals surface area contributed by atoms with E-state index in [0.717, 1.165) is 17.7 Å². The standard InChI is InChI=1S/C14H16N4O3S/c1-2-3-6-18-11-9(12(19)17-14(18)21)10(15-13(20)16-11)8-5-4-7-22-8/h4-5,7,10H,2-3,6H2,1H3,(H2,15,16,20)(H,17,19,21)/t10-/m0/s1. The molecule has 0 aliphatic carbocycles. The molecule has 0 bridgehead atoms. The molecular formula is C14H16N4O3S. The number of nitrogens with one attached hydrogen (secondary N) is 3. The summed E-state index contributed by atoms with van der Waals surface area (Å²) in [6, 6.07) is 2.75. The predicted octanol–water partition coefficient (Wildman–Crippen LogP) is 1.62. The van der Waals surface area contributed by atoms with Gasteiger partial charge < -0.3 is 5.32 Å². The third-order valence-electron chi connectivity index (χ3n) is 3.59. The zero-order chi connectivity index (χ0) is 15.7. The van der Waals surface area contributed by atoms with Gasteiger partial charge in [-0.05, 0) is 17.9 Å². The maximum Gasteiger partial charge on any atom is 0.329 e. The van der Waals surface area contributed by atoms with Gasteiger partial charge in [-0.25, -0.2) is 9.59 Å². The quantitative estimate of drug-likeness (QED) is 0.799. The molecule has 2 amide bonds. The molecule has 1 aliphatic heterocycles. The second kappa shape index (κ2) is 5.80. The van der Waals surface area contributed by atoms with Crippen molar-refractivity contribution in [3.63, 3.8) is 0 Å². The number of amides is 2. The van der Waals surface area contributed by atoms with Crippen LogP contribution in [0.5, 0.6) is 0 Å². The van der Waals surface area contributed by atoms with E-state index in [4.69, 9.17) is 0 Å². The van der Waals surface area contributed by atoms with Crippen LogP contribution in [0, 0.1) is 0 Å². The van der Waals surface area contributed by atoms with Crippen molar-refractivity contribution in [2.45, 2.75) is 32.4 Å². The number of carbonyl (C=O) groups is 1. The van der Waals surface area contributed by atoms with Crippen molar-refractivity contribution in [3.8, 4) is 0 Å². The summed E-state index contributed by atoms with van der Waals surface area (Å²) < 4.78 is 1.43. The number of hydrogen-bond donors (Lipinski definition) is 3. The molecule has 0 aromatic carbocycles. The van der Waals surface area contributed by atoms with E-state index in [0.29, 0.717) is 17.9 Å². The molecule has 1 atom stereocenters. The maximum atomic E-state index is 12.3. The highest BCUT2D eigenvalue weighted by molar-refractivity contribution is 7.10. The smallest absolute Gasteiger partial charge is 0.326 e. The Kier molecular flexibility index (Phi) is 3.84. The van der Waals surface area contributed by atoms with Gasteiger partial charge in [0.25, 0.3) is 5.56 Å². The van der Waals surface area contributed by atoms with Crippen LogP contribution >= 0.6 is 11.3 Å². The first kappa shape index (κ1) is 14.6. The number of nitrogens with zero attached hydrogens (tertiary/aromatic N) is 1. The highest BCUT2D eigenvalue weighted by Crippen LogP contribution is 2.30. The number of rotatable bonds is 4. The summed E-state index contributed by atoms with van der Waals surface area (Å²) in [6.45, 7) is 2.46. The monoisotopic (exact) mass is 320 g/mol. The molecule has 3 rings (SSSR count). The third kappa shape index (κ3) is 2.45. The average molecular weight is 320 g/mol. The lowest BCUT2D eigenvalue weighted by atomic mass is 10.1. The fraction of sp³-hybridized carbons (Fsp3) is 0.357. The van der Waals surface area contributed by atoms with E-state index in [1.807, 2.05) is 24.4 Å². The van der Waals surface area contributed by atoms with Crippen molar-refractivity contribution in [2.75, 3.05) is 5.32 Å². The topological polar surface area (TPSA) is 96.0 Å². The number of aromatic amines is 1. The van der Waals surface area contributed by atoms with Crippen molar-refractivity contribution < 1.29 is 4.79 Å². The van der Waals surface area contributed by atoms with E-state index in [1.165, 1.54) is 15.9 Å². The molecule has 22 heavy (non-hydrogen) atoms. The zero-order valence-corrected chi connectivity index (χ0v) is 12.8. The number of fused-ring (bicyclic) bond motifs is 1. The molecule has 0 spiro atoms. The average Bonchev–Trinajstić information content (AvgIpc) is 3.00. The van der Waals surface area contributed by atoms with Gasteiger partial charge in [-0.1, -0.05) is 19.4 Å². The first-order valence-corrected chi connectivity index (χ1v) is 7.97. The van der Waals surface area contributed by atoms with Crippen LogP contribution in [0.25, 0.3) is 0 Å². The normalized spacial score (nSPS) is 16.8. The summed E-state index contributed by atoms with van der Waals surface area (Å²) in [5, 5.41) is 7.23. The Morgan fingerprint density at radius 3 is 2.82 bits per heavy atom. The summed E-state index contributed by atoms with van der Waals surface area (Å²) in [5.41, 5.74) is -0.597. The lowest BCUT2D eigenvalue weighted by Crippen LogP contribution is -2.46. The first-order chi connectivity index (χ1) is 10.6. The van der Waals surface area contributed by atoms with Crippen LogP contribution in [0.1, 0.15) is 36.2 Å². The molecule has 3 N–H and O–H groups in total. The summed E-state index contributed by atoms with van der Waals surface area (Å²) in [4.78, 5) is 39.5. The fourth-order valence-corrected chi connectivity index (χ4v) is 3.32. The summed E-state index contributed by atoms with van der Waals surface area (Å²) >= 11 is 1.45. The van der Waals surface area contributed by atoms with Gasteiger partial charge in [-0.2, -0.15) is 0 Å². The molecule has 0 unspecified atom stereocenters. The molecule has 0 fully saturated rings. The molecule has 3 heterocycles.